The smallest absolute Gasteiger partial charge is 0.127 e. The molecular weight excluding hydrogens is 348 g/mol. The standard InChI is InChI=1S/C24H28N2O2/c1-18-7-4-8-19(15-18)24-22-9-5-12-25(22)13-6-14-26(24)17-20-10-11-21(27-2)16-23(20)28-3/h4-5,7-12,15-16,24H,6,13-14,17H2,1-3H3/t24-/m1/s1. The second kappa shape index (κ2) is 8.11. The molecule has 1 aromatic heterocycles. The summed E-state index contributed by atoms with van der Waals surface area (Å²) < 4.78 is 13.4. The van der Waals surface area contributed by atoms with Crippen molar-refractivity contribution in [2.24, 2.45) is 0 Å². The highest BCUT2D eigenvalue weighted by molar-refractivity contribution is 5.41. The van der Waals surface area contributed by atoms with E-state index in [1.807, 2.05) is 12.1 Å². The van der Waals surface area contributed by atoms with Crippen molar-refractivity contribution in [1.29, 1.82) is 0 Å². The van der Waals surface area contributed by atoms with E-state index in [0.717, 1.165) is 37.6 Å². The molecule has 4 heteroatoms. The normalized spacial score (nSPS) is 17.0. The fourth-order valence-electron chi connectivity index (χ4n) is 4.23. The van der Waals surface area contributed by atoms with Crippen LogP contribution in [0.4, 0.5) is 0 Å². The lowest BCUT2D eigenvalue weighted by molar-refractivity contribution is 0.217. The summed E-state index contributed by atoms with van der Waals surface area (Å²) in [5, 5.41) is 0. The molecule has 0 amide bonds. The topological polar surface area (TPSA) is 26.6 Å². The van der Waals surface area contributed by atoms with E-state index in [2.05, 4.69) is 65.1 Å². The van der Waals surface area contributed by atoms with Crippen molar-refractivity contribution in [2.75, 3.05) is 20.8 Å². The predicted octanol–water partition coefficient (Wildman–Crippen LogP) is 4.81. The lowest BCUT2D eigenvalue weighted by Gasteiger charge is -2.31. The zero-order chi connectivity index (χ0) is 19.5. The molecular formula is C24H28N2O2. The van der Waals surface area contributed by atoms with Crippen LogP contribution < -0.4 is 9.47 Å². The number of aromatic nitrogens is 1. The number of methoxy groups -OCH3 is 2. The van der Waals surface area contributed by atoms with Gasteiger partial charge in [-0.3, -0.25) is 4.90 Å². The number of benzene rings is 2. The van der Waals surface area contributed by atoms with Gasteiger partial charge in [0.2, 0.25) is 0 Å². The molecule has 146 valence electrons. The number of hydrogen-bond donors (Lipinski definition) is 0. The fraction of sp³-hybridized carbons (Fsp3) is 0.333. The summed E-state index contributed by atoms with van der Waals surface area (Å²) in [7, 11) is 3.41. The Morgan fingerprint density at radius 2 is 1.86 bits per heavy atom. The summed E-state index contributed by atoms with van der Waals surface area (Å²) in [6.45, 7) is 5.09. The number of hydrogen-bond acceptors (Lipinski definition) is 3. The van der Waals surface area contributed by atoms with E-state index in [4.69, 9.17) is 9.47 Å². The summed E-state index contributed by atoms with van der Waals surface area (Å²) in [4.78, 5) is 2.57. The van der Waals surface area contributed by atoms with Crippen molar-refractivity contribution in [3.63, 3.8) is 0 Å². The molecule has 2 aromatic carbocycles. The van der Waals surface area contributed by atoms with E-state index < -0.39 is 0 Å². The second-order valence-electron chi connectivity index (χ2n) is 7.44. The van der Waals surface area contributed by atoms with Gasteiger partial charge in [0, 0.05) is 43.2 Å². The summed E-state index contributed by atoms with van der Waals surface area (Å²) in [5.74, 6) is 1.70. The van der Waals surface area contributed by atoms with Gasteiger partial charge < -0.3 is 14.0 Å². The maximum absolute atomic E-state index is 5.66. The minimum Gasteiger partial charge on any atom is -0.497 e. The minimum absolute atomic E-state index is 0.226. The maximum Gasteiger partial charge on any atom is 0.127 e. The van der Waals surface area contributed by atoms with Crippen LogP contribution in [0.1, 0.15) is 34.8 Å². The second-order valence-corrected chi connectivity index (χ2v) is 7.44. The predicted molar refractivity (Wildman–Crippen MR) is 112 cm³/mol. The number of fused-ring (bicyclic) bond motifs is 1. The summed E-state index contributed by atoms with van der Waals surface area (Å²) in [6, 6.07) is 19.6. The third kappa shape index (κ3) is 3.65. The summed E-state index contributed by atoms with van der Waals surface area (Å²) in [5.41, 5.74) is 5.17. The Morgan fingerprint density at radius 3 is 2.64 bits per heavy atom. The first-order valence-electron chi connectivity index (χ1n) is 9.86. The monoisotopic (exact) mass is 376 g/mol. The molecule has 0 aliphatic carbocycles. The molecule has 0 bridgehead atoms. The van der Waals surface area contributed by atoms with E-state index in [9.17, 15) is 0 Å². The first-order valence-corrected chi connectivity index (χ1v) is 9.86. The molecule has 2 heterocycles. The molecule has 28 heavy (non-hydrogen) atoms. The van der Waals surface area contributed by atoms with Crippen LogP contribution in [0.3, 0.4) is 0 Å². The first kappa shape index (κ1) is 18.6. The Hall–Kier alpha value is -2.72. The van der Waals surface area contributed by atoms with Crippen LogP contribution in [0.2, 0.25) is 0 Å². The van der Waals surface area contributed by atoms with Gasteiger partial charge >= 0.3 is 0 Å². The first-order chi connectivity index (χ1) is 13.7. The zero-order valence-electron chi connectivity index (χ0n) is 16.9. The summed E-state index contributed by atoms with van der Waals surface area (Å²) >= 11 is 0. The van der Waals surface area contributed by atoms with Crippen molar-refractivity contribution in [2.45, 2.75) is 32.5 Å². The largest absolute Gasteiger partial charge is 0.497 e. The zero-order valence-corrected chi connectivity index (χ0v) is 16.9. The molecule has 0 spiro atoms. The Balaban J connectivity index is 1.74. The van der Waals surface area contributed by atoms with Crippen LogP contribution in [0.5, 0.6) is 11.5 Å². The van der Waals surface area contributed by atoms with Crippen LogP contribution in [-0.2, 0) is 13.1 Å². The Kier molecular flexibility index (Phi) is 5.40. The molecule has 0 fully saturated rings. The highest BCUT2D eigenvalue weighted by Gasteiger charge is 2.28. The van der Waals surface area contributed by atoms with Gasteiger partial charge in [-0.2, -0.15) is 0 Å². The molecule has 1 atom stereocenters. The van der Waals surface area contributed by atoms with Gasteiger partial charge in [0.05, 0.1) is 20.3 Å². The highest BCUT2D eigenvalue weighted by atomic mass is 16.5. The molecule has 0 saturated carbocycles. The summed E-state index contributed by atoms with van der Waals surface area (Å²) in [6.07, 6.45) is 3.33. The van der Waals surface area contributed by atoms with Gasteiger partial charge in [0.25, 0.3) is 0 Å². The Bertz CT molecular complexity index is 947. The molecule has 0 unspecified atom stereocenters. The van der Waals surface area contributed by atoms with E-state index >= 15 is 0 Å². The van der Waals surface area contributed by atoms with Gasteiger partial charge in [-0.05, 0) is 37.1 Å². The molecule has 3 aromatic rings. The third-order valence-corrected chi connectivity index (χ3v) is 5.58. The Labute approximate surface area is 167 Å². The quantitative estimate of drug-likeness (QED) is 0.639. The number of aryl methyl sites for hydroxylation is 2. The van der Waals surface area contributed by atoms with Crippen LogP contribution >= 0.6 is 0 Å². The molecule has 0 N–H and O–H groups in total. The molecule has 4 nitrogen and oxygen atoms in total. The molecule has 0 radical (unpaired) electrons. The van der Waals surface area contributed by atoms with Crippen LogP contribution in [0.15, 0.2) is 60.8 Å². The Morgan fingerprint density at radius 1 is 0.964 bits per heavy atom. The third-order valence-electron chi connectivity index (χ3n) is 5.58. The lowest BCUT2D eigenvalue weighted by Crippen LogP contribution is -2.29. The van der Waals surface area contributed by atoms with Crippen molar-refractivity contribution in [3.8, 4) is 11.5 Å². The van der Waals surface area contributed by atoms with Gasteiger partial charge in [-0.1, -0.05) is 35.9 Å². The molecule has 1 aliphatic heterocycles. The lowest BCUT2D eigenvalue weighted by atomic mass is 9.99. The number of ether oxygens (including phenoxy) is 2. The van der Waals surface area contributed by atoms with Gasteiger partial charge in [0.1, 0.15) is 11.5 Å². The minimum atomic E-state index is 0.226. The van der Waals surface area contributed by atoms with E-state index in [-0.39, 0.29) is 6.04 Å². The number of nitrogens with zero attached hydrogens (tertiary/aromatic N) is 2. The molecule has 0 saturated heterocycles. The van der Waals surface area contributed by atoms with Gasteiger partial charge in [-0.25, -0.2) is 0 Å². The maximum atomic E-state index is 5.66. The number of rotatable bonds is 5. The van der Waals surface area contributed by atoms with Crippen LogP contribution in [0, 0.1) is 6.92 Å². The van der Waals surface area contributed by atoms with E-state index in [0.29, 0.717) is 0 Å². The van der Waals surface area contributed by atoms with Gasteiger partial charge in [0.15, 0.2) is 0 Å². The van der Waals surface area contributed by atoms with E-state index in [1.165, 1.54) is 22.4 Å². The van der Waals surface area contributed by atoms with Crippen molar-refractivity contribution in [3.05, 3.63) is 83.2 Å². The van der Waals surface area contributed by atoms with Crippen molar-refractivity contribution < 1.29 is 9.47 Å². The van der Waals surface area contributed by atoms with Crippen molar-refractivity contribution >= 4 is 0 Å². The van der Waals surface area contributed by atoms with Gasteiger partial charge in [-0.15, -0.1) is 0 Å². The van der Waals surface area contributed by atoms with E-state index in [1.54, 1.807) is 14.2 Å². The highest BCUT2D eigenvalue weighted by Crippen LogP contribution is 2.35. The molecule has 1 aliphatic rings. The van der Waals surface area contributed by atoms with Crippen molar-refractivity contribution in [1.82, 2.24) is 9.47 Å². The van der Waals surface area contributed by atoms with Crippen LogP contribution in [-0.4, -0.2) is 30.2 Å². The van der Waals surface area contributed by atoms with Crippen LogP contribution in [0.25, 0.3) is 0 Å². The SMILES string of the molecule is COc1ccc(CN2CCCn3cccc3[C@H]2c2cccc(C)c2)c(OC)c1. The molecule has 4 rings (SSSR count). The fourth-order valence-corrected chi connectivity index (χ4v) is 4.23. The average molecular weight is 377 g/mol. The average Bonchev–Trinajstić information content (AvgIpc) is 3.09.